The number of rotatable bonds is 7. The van der Waals surface area contributed by atoms with Crippen LogP contribution in [0.25, 0.3) is 0 Å². The van der Waals surface area contributed by atoms with Gasteiger partial charge in [-0.1, -0.05) is 24.9 Å². The molecule has 9 heteroatoms. The number of carbonyl (C=O) groups is 3. The van der Waals surface area contributed by atoms with Gasteiger partial charge in [-0.2, -0.15) is 0 Å². The molecule has 28 heavy (non-hydrogen) atoms. The molecule has 0 aromatic heterocycles. The molecule has 8 nitrogen and oxygen atoms in total. The van der Waals surface area contributed by atoms with Gasteiger partial charge in [0.25, 0.3) is 0 Å². The summed E-state index contributed by atoms with van der Waals surface area (Å²) in [7, 11) is 2.44. The Labute approximate surface area is 168 Å². The van der Waals surface area contributed by atoms with E-state index in [1.807, 2.05) is 6.92 Å². The third-order valence-corrected chi connectivity index (χ3v) is 4.44. The molecule has 1 aliphatic rings. The number of anilines is 2. The van der Waals surface area contributed by atoms with E-state index in [0.29, 0.717) is 17.8 Å². The van der Waals surface area contributed by atoms with Gasteiger partial charge in [0.1, 0.15) is 12.4 Å². The van der Waals surface area contributed by atoms with E-state index in [1.54, 1.807) is 18.2 Å². The van der Waals surface area contributed by atoms with Crippen molar-refractivity contribution in [2.75, 3.05) is 37.8 Å². The molecule has 0 saturated heterocycles. The monoisotopic (exact) mass is 410 g/mol. The number of nitrogens with zero attached hydrogens (tertiary/aromatic N) is 1. The summed E-state index contributed by atoms with van der Waals surface area (Å²) >= 11 is 6.31. The lowest BCUT2D eigenvalue weighted by Crippen LogP contribution is -2.38. The first-order valence-corrected chi connectivity index (χ1v) is 9.15. The Balaban J connectivity index is 2.34. The molecule has 1 aromatic carbocycles. The van der Waals surface area contributed by atoms with Crippen molar-refractivity contribution < 1.29 is 28.6 Å². The van der Waals surface area contributed by atoms with Crippen LogP contribution in [0.15, 0.2) is 29.5 Å². The molecule has 0 atom stereocenters. The van der Waals surface area contributed by atoms with Crippen molar-refractivity contribution in [2.45, 2.75) is 26.2 Å². The molecule has 1 aromatic rings. The van der Waals surface area contributed by atoms with Crippen LogP contribution in [0.4, 0.5) is 11.4 Å². The highest BCUT2D eigenvalue weighted by Crippen LogP contribution is 2.32. The molecule has 0 radical (unpaired) electrons. The molecule has 0 saturated carbocycles. The fraction of sp³-hybridized carbons (Fsp3) is 0.421. The summed E-state index contributed by atoms with van der Waals surface area (Å²) in [5.41, 5.74) is 1.03. The first-order chi connectivity index (χ1) is 13.4. The van der Waals surface area contributed by atoms with Crippen LogP contribution < -0.4 is 10.2 Å². The van der Waals surface area contributed by atoms with Crippen LogP contribution in [0.2, 0.25) is 5.02 Å². The van der Waals surface area contributed by atoms with Gasteiger partial charge in [-0.25, -0.2) is 9.59 Å². The molecule has 1 N–H and O–H groups in total. The number of ether oxygens (including phenoxy) is 3. The minimum absolute atomic E-state index is 0.0173. The SMILES string of the molecule is CCCCC(=O)Nc1ccc(N2COCC(C(=O)OC)=C2C(=O)OC)cc1Cl. The van der Waals surface area contributed by atoms with Crippen LogP contribution in [0.1, 0.15) is 26.2 Å². The zero-order valence-electron chi connectivity index (χ0n) is 16.0. The van der Waals surface area contributed by atoms with Crippen LogP contribution in [0.3, 0.4) is 0 Å². The summed E-state index contributed by atoms with van der Waals surface area (Å²) in [5, 5.41) is 3.05. The summed E-state index contributed by atoms with van der Waals surface area (Å²) in [6.45, 7) is 1.95. The highest BCUT2D eigenvalue weighted by atomic mass is 35.5. The maximum absolute atomic E-state index is 12.3. The number of carbonyl (C=O) groups excluding carboxylic acids is 3. The van der Waals surface area contributed by atoms with Gasteiger partial charge in [0.05, 0.1) is 37.1 Å². The number of esters is 2. The largest absolute Gasteiger partial charge is 0.466 e. The highest BCUT2D eigenvalue weighted by Gasteiger charge is 2.32. The molecule has 0 aliphatic carbocycles. The molecule has 0 unspecified atom stereocenters. The molecule has 0 bridgehead atoms. The number of hydrogen-bond acceptors (Lipinski definition) is 7. The van der Waals surface area contributed by atoms with Gasteiger partial charge < -0.3 is 24.4 Å². The fourth-order valence-electron chi connectivity index (χ4n) is 2.67. The zero-order valence-corrected chi connectivity index (χ0v) is 16.8. The smallest absolute Gasteiger partial charge is 0.355 e. The second-order valence-electron chi connectivity index (χ2n) is 6.03. The predicted molar refractivity (Wildman–Crippen MR) is 104 cm³/mol. The lowest BCUT2D eigenvalue weighted by atomic mass is 10.1. The van der Waals surface area contributed by atoms with E-state index >= 15 is 0 Å². The standard InChI is InChI=1S/C19H23ClN2O6/c1-4-5-6-16(23)21-15-8-7-12(9-14(15)20)22-11-28-10-13(18(24)26-2)17(22)19(25)27-3/h7-9H,4-6,10-11H2,1-3H3,(H,21,23). The quantitative estimate of drug-likeness (QED) is 0.690. The molecule has 1 heterocycles. The number of halogens is 1. The number of unbranched alkanes of at least 4 members (excludes halogenated alkanes) is 1. The van der Waals surface area contributed by atoms with E-state index < -0.39 is 11.9 Å². The molecular formula is C19H23ClN2O6. The van der Waals surface area contributed by atoms with Crippen molar-refractivity contribution >= 4 is 40.8 Å². The summed E-state index contributed by atoms with van der Waals surface area (Å²) in [6.07, 6.45) is 2.11. The Hall–Kier alpha value is -2.58. The van der Waals surface area contributed by atoms with Gasteiger partial charge in [0, 0.05) is 12.1 Å². The van der Waals surface area contributed by atoms with E-state index in [4.69, 9.17) is 25.8 Å². The van der Waals surface area contributed by atoms with Crippen molar-refractivity contribution in [2.24, 2.45) is 0 Å². The maximum atomic E-state index is 12.3. The average Bonchev–Trinajstić information content (AvgIpc) is 2.71. The summed E-state index contributed by atoms with van der Waals surface area (Å²) < 4.78 is 15.0. The second-order valence-corrected chi connectivity index (χ2v) is 6.44. The summed E-state index contributed by atoms with van der Waals surface area (Å²) in [6, 6.07) is 4.86. The lowest BCUT2D eigenvalue weighted by molar-refractivity contribution is -0.140. The van der Waals surface area contributed by atoms with Gasteiger partial charge in [-0.3, -0.25) is 4.79 Å². The van der Waals surface area contributed by atoms with E-state index in [1.165, 1.54) is 19.1 Å². The van der Waals surface area contributed by atoms with Gasteiger partial charge in [-0.05, 0) is 24.6 Å². The molecule has 0 fully saturated rings. The van der Waals surface area contributed by atoms with E-state index in [9.17, 15) is 14.4 Å². The van der Waals surface area contributed by atoms with E-state index in [-0.39, 0.29) is 35.5 Å². The van der Waals surface area contributed by atoms with Crippen LogP contribution in [0.5, 0.6) is 0 Å². The van der Waals surface area contributed by atoms with Crippen LogP contribution >= 0.6 is 11.6 Å². The fourth-order valence-corrected chi connectivity index (χ4v) is 2.89. The molecule has 0 spiro atoms. The second kappa shape index (κ2) is 10.1. The van der Waals surface area contributed by atoms with Crippen molar-refractivity contribution in [3.63, 3.8) is 0 Å². The average molecular weight is 411 g/mol. The summed E-state index contributed by atoms with van der Waals surface area (Å²) in [4.78, 5) is 37.7. The van der Waals surface area contributed by atoms with Gasteiger partial charge in [-0.15, -0.1) is 0 Å². The van der Waals surface area contributed by atoms with Gasteiger partial charge in [0.15, 0.2) is 0 Å². The first kappa shape index (κ1) is 21.7. The van der Waals surface area contributed by atoms with E-state index in [2.05, 4.69) is 5.32 Å². The minimum Gasteiger partial charge on any atom is -0.466 e. The number of methoxy groups -OCH3 is 2. The maximum Gasteiger partial charge on any atom is 0.355 e. The molecule has 152 valence electrons. The number of amides is 1. The Morgan fingerprint density at radius 3 is 2.54 bits per heavy atom. The first-order valence-electron chi connectivity index (χ1n) is 8.77. The van der Waals surface area contributed by atoms with Crippen LogP contribution in [-0.2, 0) is 28.6 Å². The predicted octanol–water partition coefficient (Wildman–Crippen LogP) is 2.86. The Bertz CT molecular complexity index is 793. The number of hydrogen-bond donors (Lipinski definition) is 1. The van der Waals surface area contributed by atoms with Crippen molar-refractivity contribution in [3.8, 4) is 0 Å². The zero-order chi connectivity index (χ0) is 20.7. The number of nitrogens with one attached hydrogen (secondary N) is 1. The molecule has 1 amide bonds. The van der Waals surface area contributed by atoms with Crippen molar-refractivity contribution in [3.05, 3.63) is 34.5 Å². The Morgan fingerprint density at radius 2 is 1.93 bits per heavy atom. The third kappa shape index (κ3) is 5.02. The molecular weight excluding hydrogens is 388 g/mol. The highest BCUT2D eigenvalue weighted by molar-refractivity contribution is 6.34. The van der Waals surface area contributed by atoms with Crippen LogP contribution in [-0.4, -0.2) is 45.4 Å². The lowest BCUT2D eigenvalue weighted by Gasteiger charge is -2.31. The van der Waals surface area contributed by atoms with Crippen LogP contribution in [0, 0.1) is 0 Å². The Kier molecular flexibility index (Phi) is 7.83. The van der Waals surface area contributed by atoms with Gasteiger partial charge in [0.2, 0.25) is 5.91 Å². The third-order valence-electron chi connectivity index (χ3n) is 4.13. The molecule has 1 aliphatic heterocycles. The molecule has 2 rings (SSSR count). The summed E-state index contributed by atoms with van der Waals surface area (Å²) in [5.74, 6) is -1.51. The van der Waals surface area contributed by atoms with E-state index in [0.717, 1.165) is 12.8 Å². The van der Waals surface area contributed by atoms with Crippen molar-refractivity contribution in [1.29, 1.82) is 0 Å². The van der Waals surface area contributed by atoms with Crippen molar-refractivity contribution in [1.82, 2.24) is 0 Å². The Morgan fingerprint density at radius 1 is 1.21 bits per heavy atom. The number of benzene rings is 1. The minimum atomic E-state index is -0.697. The normalized spacial score (nSPS) is 13.9. The van der Waals surface area contributed by atoms with Gasteiger partial charge >= 0.3 is 11.9 Å². The topological polar surface area (TPSA) is 94.2 Å².